The van der Waals surface area contributed by atoms with Gasteiger partial charge in [-0.3, -0.25) is 5.01 Å². The monoisotopic (exact) mass is 274 g/mol. The zero-order valence-electron chi connectivity index (χ0n) is 11.4. The highest BCUT2D eigenvalue weighted by molar-refractivity contribution is 7.80. The van der Waals surface area contributed by atoms with Gasteiger partial charge in [0.15, 0.2) is 5.11 Å². The van der Waals surface area contributed by atoms with Gasteiger partial charge >= 0.3 is 6.09 Å². The highest BCUT2D eigenvalue weighted by Gasteiger charge is 2.38. The Morgan fingerprint density at radius 3 is 2.39 bits per heavy atom. The van der Waals surface area contributed by atoms with E-state index in [1.807, 2.05) is 25.7 Å². The van der Waals surface area contributed by atoms with Crippen molar-refractivity contribution in [2.24, 2.45) is 11.3 Å². The Labute approximate surface area is 113 Å². The summed E-state index contributed by atoms with van der Waals surface area (Å²) in [7, 11) is 1.69. The van der Waals surface area contributed by atoms with Gasteiger partial charge in [-0.1, -0.05) is 20.8 Å². The number of carboxylic acid groups (broad SMARTS) is 1. The van der Waals surface area contributed by atoms with Gasteiger partial charge in [-0.2, -0.15) is 0 Å². The maximum atomic E-state index is 11.3. The van der Waals surface area contributed by atoms with Crippen molar-refractivity contribution in [3.05, 3.63) is 0 Å². The van der Waals surface area contributed by atoms with Gasteiger partial charge in [0, 0.05) is 26.7 Å². The van der Waals surface area contributed by atoms with E-state index in [1.165, 1.54) is 9.91 Å². The Hall–Kier alpha value is -1.08. The van der Waals surface area contributed by atoms with Crippen LogP contribution in [0.2, 0.25) is 0 Å². The molecule has 1 aliphatic heterocycles. The fourth-order valence-corrected chi connectivity index (χ4v) is 2.32. The lowest BCUT2D eigenvalue weighted by molar-refractivity contribution is 0.0404. The van der Waals surface area contributed by atoms with Gasteiger partial charge in [0.2, 0.25) is 0 Å². The lowest BCUT2D eigenvalue weighted by atomic mass is 9.84. The minimum atomic E-state index is -0.874. The van der Waals surface area contributed by atoms with E-state index in [0.717, 1.165) is 0 Å². The molecule has 1 fully saturated rings. The third-order valence-electron chi connectivity index (χ3n) is 3.20. The maximum absolute atomic E-state index is 11.3. The summed E-state index contributed by atoms with van der Waals surface area (Å²) in [5.41, 5.74) is -0.139. The van der Waals surface area contributed by atoms with Crippen molar-refractivity contribution in [2.45, 2.75) is 26.8 Å². The van der Waals surface area contributed by atoms with Crippen molar-refractivity contribution < 1.29 is 9.90 Å². The normalized spacial score (nSPS) is 20.8. The zero-order valence-corrected chi connectivity index (χ0v) is 12.2. The molecule has 1 heterocycles. The van der Waals surface area contributed by atoms with Crippen LogP contribution in [0.25, 0.3) is 0 Å². The number of carbonyl (C=O) groups is 1. The Bertz CT molecular complexity index is 340. The summed E-state index contributed by atoms with van der Waals surface area (Å²) in [5, 5.41) is 11.2. The number of piperazine rings is 1. The van der Waals surface area contributed by atoms with Crippen molar-refractivity contribution in [2.75, 3.05) is 26.7 Å². The summed E-state index contributed by atoms with van der Waals surface area (Å²) in [5.74, 6) is 5.64. The van der Waals surface area contributed by atoms with Crippen molar-refractivity contribution >= 4 is 23.4 Å². The zero-order chi connectivity index (χ0) is 14.1. The van der Waals surface area contributed by atoms with Crippen LogP contribution in [0, 0.1) is 5.41 Å². The predicted octanol–water partition coefficient (Wildman–Crippen LogP) is 0.787. The molecule has 1 atom stereocenters. The summed E-state index contributed by atoms with van der Waals surface area (Å²) in [6.45, 7) is 7.71. The molecule has 0 radical (unpaired) electrons. The van der Waals surface area contributed by atoms with Gasteiger partial charge in [-0.15, -0.1) is 0 Å². The van der Waals surface area contributed by atoms with E-state index in [2.05, 4.69) is 0 Å². The second-order valence-corrected chi connectivity index (χ2v) is 6.06. The fourth-order valence-electron chi connectivity index (χ4n) is 2.15. The summed E-state index contributed by atoms with van der Waals surface area (Å²) < 4.78 is 0. The molecule has 1 saturated heterocycles. The van der Waals surface area contributed by atoms with Gasteiger partial charge in [-0.05, 0) is 17.6 Å². The SMILES string of the molecule is CN(N)C(=S)N1CCN(C(=O)O)C(C(C)(C)C)C1. The van der Waals surface area contributed by atoms with Crippen LogP contribution < -0.4 is 5.84 Å². The summed E-state index contributed by atoms with van der Waals surface area (Å²) >= 11 is 5.24. The molecular weight excluding hydrogens is 252 g/mol. The molecule has 0 bridgehead atoms. The molecule has 18 heavy (non-hydrogen) atoms. The van der Waals surface area contributed by atoms with Crippen LogP contribution in [0.4, 0.5) is 4.79 Å². The minimum absolute atomic E-state index is 0.0957. The molecule has 0 saturated carbocycles. The first kappa shape index (κ1) is 15.0. The molecule has 0 aromatic carbocycles. The van der Waals surface area contributed by atoms with E-state index in [0.29, 0.717) is 24.7 Å². The van der Waals surface area contributed by atoms with Crippen molar-refractivity contribution in [3.8, 4) is 0 Å². The summed E-state index contributed by atoms with van der Waals surface area (Å²) in [4.78, 5) is 14.7. The summed E-state index contributed by atoms with van der Waals surface area (Å²) in [6, 6.07) is -0.0957. The van der Waals surface area contributed by atoms with E-state index in [4.69, 9.17) is 18.1 Å². The standard InChI is InChI=1S/C11H22N4O2S/c1-11(2,3)8-7-14(9(18)13(4)12)5-6-15(8)10(16)17/h8H,5-7,12H2,1-4H3,(H,16,17). The van der Waals surface area contributed by atoms with E-state index < -0.39 is 6.09 Å². The first-order valence-corrected chi connectivity index (χ1v) is 6.32. The highest BCUT2D eigenvalue weighted by atomic mass is 32.1. The Morgan fingerprint density at radius 2 is 2.00 bits per heavy atom. The number of thiocarbonyl (C=S) groups is 1. The number of rotatable bonds is 0. The molecule has 0 aliphatic carbocycles. The number of hydrogen-bond donors (Lipinski definition) is 2. The van der Waals surface area contributed by atoms with Crippen LogP contribution in [0.1, 0.15) is 20.8 Å². The maximum Gasteiger partial charge on any atom is 0.407 e. The number of hydrogen-bond acceptors (Lipinski definition) is 3. The minimum Gasteiger partial charge on any atom is -0.465 e. The predicted molar refractivity (Wildman–Crippen MR) is 74.1 cm³/mol. The molecule has 1 aliphatic rings. The third kappa shape index (κ3) is 3.23. The fraction of sp³-hybridized carbons (Fsp3) is 0.818. The van der Waals surface area contributed by atoms with Crippen LogP contribution >= 0.6 is 12.2 Å². The van der Waals surface area contributed by atoms with Crippen molar-refractivity contribution in [3.63, 3.8) is 0 Å². The van der Waals surface area contributed by atoms with Crippen LogP contribution in [-0.2, 0) is 0 Å². The molecule has 0 aromatic rings. The quantitative estimate of drug-likeness (QED) is 0.386. The molecular formula is C11H22N4O2S. The average molecular weight is 274 g/mol. The Morgan fingerprint density at radius 1 is 1.44 bits per heavy atom. The van der Waals surface area contributed by atoms with Gasteiger partial charge in [-0.25, -0.2) is 10.6 Å². The lowest BCUT2D eigenvalue weighted by Gasteiger charge is -2.47. The third-order valence-corrected chi connectivity index (χ3v) is 3.74. The Kier molecular flexibility index (Phi) is 4.39. The van der Waals surface area contributed by atoms with Crippen molar-refractivity contribution in [1.29, 1.82) is 0 Å². The van der Waals surface area contributed by atoms with Crippen LogP contribution in [-0.4, -0.2) is 63.8 Å². The molecule has 0 spiro atoms. The number of amides is 1. The van der Waals surface area contributed by atoms with Crippen molar-refractivity contribution in [1.82, 2.24) is 14.8 Å². The molecule has 1 unspecified atom stereocenters. The van der Waals surface area contributed by atoms with E-state index in [1.54, 1.807) is 7.05 Å². The Balaban J connectivity index is 2.87. The number of hydrazine groups is 1. The summed E-state index contributed by atoms with van der Waals surface area (Å²) in [6.07, 6.45) is -0.874. The van der Waals surface area contributed by atoms with Gasteiger partial charge < -0.3 is 14.9 Å². The molecule has 104 valence electrons. The molecule has 6 nitrogen and oxygen atoms in total. The lowest BCUT2D eigenvalue weighted by Crippen LogP contribution is -2.62. The molecule has 7 heteroatoms. The van der Waals surface area contributed by atoms with Gasteiger partial charge in [0.1, 0.15) is 0 Å². The molecule has 0 aromatic heterocycles. The highest BCUT2D eigenvalue weighted by Crippen LogP contribution is 2.28. The first-order valence-electron chi connectivity index (χ1n) is 5.91. The van der Waals surface area contributed by atoms with E-state index in [-0.39, 0.29) is 11.5 Å². The first-order chi connectivity index (χ1) is 8.14. The van der Waals surface area contributed by atoms with Gasteiger partial charge in [0.25, 0.3) is 0 Å². The van der Waals surface area contributed by atoms with Gasteiger partial charge in [0.05, 0.1) is 6.04 Å². The number of nitrogens with zero attached hydrogens (tertiary/aromatic N) is 3. The largest absolute Gasteiger partial charge is 0.465 e. The van der Waals surface area contributed by atoms with Crippen LogP contribution in [0.5, 0.6) is 0 Å². The second kappa shape index (κ2) is 5.27. The molecule has 3 N–H and O–H groups in total. The topological polar surface area (TPSA) is 73.0 Å². The second-order valence-electron chi connectivity index (χ2n) is 5.70. The molecule has 1 amide bonds. The number of nitrogens with two attached hydrogens (primary N) is 1. The van der Waals surface area contributed by atoms with E-state index in [9.17, 15) is 9.90 Å². The average Bonchev–Trinajstić information content (AvgIpc) is 2.25. The smallest absolute Gasteiger partial charge is 0.407 e. The van der Waals surface area contributed by atoms with Crippen LogP contribution in [0.3, 0.4) is 0 Å². The van der Waals surface area contributed by atoms with Crippen LogP contribution in [0.15, 0.2) is 0 Å². The molecule has 1 rings (SSSR count). The van der Waals surface area contributed by atoms with E-state index >= 15 is 0 Å².